The Labute approximate surface area is 82.1 Å². The molecule has 0 aliphatic heterocycles. The molecule has 3 nitrogen and oxygen atoms in total. The second kappa shape index (κ2) is 3.52. The first-order valence-corrected chi connectivity index (χ1v) is 4.51. The predicted octanol–water partition coefficient (Wildman–Crippen LogP) is 2.08. The van der Waals surface area contributed by atoms with Gasteiger partial charge in [-0.1, -0.05) is 12.1 Å². The van der Waals surface area contributed by atoms with Crippen molar-refractivity contribution in [1.82, 2.24) is 4.98 Å². The Morgan fingerprint density at radius 1 is 1.43 bits per heavy atom. The molecule has 0 fully saturated rings. The van der Waals surface area contributed by atoms with E-state index in [1.54, 1.807) is 0 Å². The van der Waals surface area contributed by atoms with Gasteiger partial charge in [0.2, 0.25) is 0 Å². The third kappa shape index (κ3) is 1.36. The van der Waals surface area contributed by atoms with Crippen molar-refractivity contribution >= 4 is 10.9 Å². The monoisotopic (exact) mass is 185 g/mol. The molecule has 0 amide bonds. The Morgan fingerprint density at radius 3 is 3.07 bits per heavy atom. The SMILES string of the molecule is N#CC[C@@H](N)c1cccc2[nH]ccc12. The van der Waals surface area contributed by atoms with E-state index in [4.69, 9.17) is 11.0 Å². The number of hydrogen-bond donors (Lipinski definition) is 2. The molecule has 2 aromatic rings. The van der Waals surface area contributed by atoms with Gasteiger partial charge in [-0.25, -0.2) is 0 Å². The molecule has 0 unspecified atom stereocenters. The van der Waals surface area contributed by atoms with Crippen LogP contribution in [0.1, 0.15) is 18.0 Å². The molecule has 1 aromatic heterocycles. The summed E-state index contributed by atoms with van der Waals surface area (Å²) in [6, 6.07) is 9.80. The summed E-state index contributed by atoms with van der Waals surface area (Å²) < 4.78 is 0. The highest BCUT2D eigenvalue weighted by atomic mass is 14.7. The Balaban J connectivity index is 2.51. The van der Waals surface area contributed by atoms with Crippen molar-refractivity contribution in [3.8, 4) is 6.07 Å². The number of fused-ring (bicyclic) bond motifs is 1. The van der Waals surface area contributed by atoms with Gasteiger partial charge in [0, 0.05) is 23.1 Å². The zero-order valence-electron chi connectivity index (χ0n) is 7.70. The van der Waals surface area contributed by atoms with Gasteiger partial charge in [0.25, 0.3) is 0 Å². The molecule has 3 N–H and O–H groups in total. The van der Waals surface area contributed by atoms with Gasteiger partial charge in [-0.3, -0.25) is 0 Å². The number of rotatable bonds is 2. The summed E-state index contributed by atoms with van der Waals surface area (Å²) in [6.45, 7) is 0. The molecule has 3 heteroatoms. The average Bonchev–Trinajstić information content (AvgIpc) is 2.65. The first kappa shape index (κ1) is 8.79. The van der Waals surface area contributed by atoms with Gasteiger partial charge in [-0.2, -0.15) is 5.26 Å². The molecule has 14 heavy (non-hydrogen) atoms. The van der Waals surface area contributed by atoms with Crippen LogP contribution in [0, 0.1) is 11.3 Å². The summed E-state index contributed by atoms with van der Waals surface area (Å²) in [7, 11) is 0. The van der Waals surface area contributed by atoms with E-state index in [1.165, 1.54) is 0 Å². The normalized spacial score (nSPS) is 12.6. The number of nitrogens with zero attached hydrogens (tertiary/aromatic N) is 1. The van der Waals surface area contributed by atoms with Gasteiger partial charge in [0.15, 0.2) is 0 Å². The van der Waals surface area contributed by atoms with Gasteiger partial charge in [0.05, 0.1) is 12.5 Å². The molecule has 0 aliphatic carbocycles. The number of hydrogen-bond acceptors (Lipinski definition) is 2. The van der Waals surface area contributed by atoms with Crippen LogP contribution in [-0.4, -0.2) is 4.98 Å². The van der Waals surface area contributed by atoms with Crippen LogP contribution in [0.5, 0.6) is 0 Å². The summed E-state index contributed by atoms with van der Waals surface area (Å²) >= 11 is 0. The Morgan fingerprint density at radius 2 is 2.29 bits per heavy atom. The van der Waals surface area contributed by atoms with Crippen molar-refractivity contribution < 1.29 is 0 Å². The zero-order chi connectivity index (χ0) is 9.97. The molecule has 2 rings (SSSR count). The van der Waals surface area contributed by atoms with Crippen molar-refractivity contribution in [2.45, 2.75) is 12.5 Å². The molecule has 0 aliphatic rings. The summed E-state index contributed by atoms with van der Waals surface area (Å²) in [5.74, 6) is 0. The fraction of sp³-hybridized carbons (Fsp3) is 0.182. The number of aromatic nitrogens is 1. The smallest absolute Gasteiger partial charge is 0.0641 e. The van der Waals surface area contributed by atoms with E-state index >= 15 is 0 Å². The van der Waals surface area contributed by atoms with Crippen LogP contribution in [0.2, 0.25) is 0 Å². The van der Waals surface area contributed by atoms with Crippen LogP contribution < -0.4 is 5.73 Å². The van der Waals surface area contributed by atoms with Crippen molar-refractivity contribution in [3.05, 3.63) is 36.0 Å². The zero-order valence-corrected chi connectivity index (χ0v) is 7.70. The molecular formula is C11H11N3. The maximum atomic E-state index is 8.58. The highest BCUT2D eigenvalue weighted by Crippen LogP contribution is 2.23. The van der Waals surface area contributed by atoms with E-state index in [-0.39, 0.29) is 6.04 Å². The number of benzene rings is 1. The maximum absolute atomic E-state index is 8.58. The van der Waals surface area contributed by atoms with Crippen LogP contribution in [0.25, 0.3) is 10.9 Å². The fourth-order valence-corrected chi connectivity index (χ4v) is 1.64. The third-order valence-electron chi connectivity index (χ3n) is 2.34. The number of H-pyrrole nitrogens is 1. The first-order chi connectivity index (χ1) is 6.83. The van der Waals surface area contributed by atoms with Crippen LogP contribution in [0.15, 0.2) is 30.5 Å². The molecule has 0 saturated heterocycles. The van der Waals surface area contributed by atoms with Crippen LogP contribution in [-0.2, 0) is 0 Å². The topological polar surface area (TPSA) is 65.6 Å². The lowest BCUT2D eigenvalue weighted by Crippen LogP contribution is -2.09. The highest BCUT2D eigenvalue weighted by molar-refractivity contribution is 5.83. The first-order valence-electron chi connectivity index (χ1n) is 4.51. The molecule has 1 aromatic carbocycles. The van der Waals surface area contributed by atoms with E-state index in [1.807, 2.05) is 30.5 Å². The maximum Gasteiger partial charge on any atom is 0.0641 e. The van der Waals surface area contributed by atoms with Gasteiger partial charge in [-0.15, -0.1) is 0 Å². The number of nitriles is 1. The van der Waals surface area contributed by atoms with Crippen LogP contribution in [0.4, 0.5) is 0 Å². The minimum atomic E-state index is -0.195. The van der Waals surface area contributed by atoms with Crippen molar-refractivity contribution in [3.63, 3.8) is 0 Å². The van der Waals surface area contributed by atoms with Crippen molar-refractivity contribution in [1.29, 1.82) is 5.26 Å². The number of aromatic amines is 1. The average molecular weight is 185 g/mol. The van der Waals surface area contributed by atoms with Gasteiger partial charge in [0.1, 0.15) is 0 Å². The lowest BCUT2D eigenvalue weighted by atomic mass is 10.0. The van der Waals surface area contributed by atoms with E-state index in [9.17, 15) is 0 Å². The second-order valence-corrected chi connectivity index (χ2v) is 3.25. The summed E-state index contributed by atoms with van der Waals surface area (Å²) in [5, 5.41) is 9.69. The highest BCUT2D eigenvalue weighted by Gasteiger charge is 2.09. The van der Waals surface area contributed by atoms with E-state index in [0.717, 1.165) is 16.5 Å². The van der Waals surface area contributed by atoms with Gasteiger partial charge in [-0.05, 0) is 17.7 Å². The van der Waals surface area contributed by atoms with Crippen molar-refractivity contribution in [2.75, 3.05) is 0 Å². The Hall–Kier alpha value is -1.79. The molecule has 1 atom stereocenters. The van der Waals surface area contributed by atoms with Gasteiger partial charge >= 0.3 is 0 Å². The standard InChI is InChI=1S/C11H11N3/c12-6-4-10(13)8-2-1-3-11-9(8)5-7-14-11/h1-3,5,7,10,14H,4,13H2/t10-/m1/s1. The second-order valence-electron chi connectivity index (χ2n) is 3.25. The van der Waals surface area contributed by atoms with Crippen LogP contribution >= 0.6 is 0 Å². The molecule has 0 bridgehead atoms. The Kier molecular flexibility index (Phi) is 2.21. The molecule has 0 radical (unpaired) electrons. The van der Waals surface area contributed by atoms with E-state index in [2.05, 4.69) is 11.1 Å². The fourth-order valence-electron chi connectivity index (χ4n) is 1.64. The van der Waals surface area contributed by atoms with E-state index < -0.39 is 0 Å². The quantitative estimate of drug-likeness (QED) is 0.752. The molecular weight excluding hydrogens is 174 g/mol. The largest absolute Gasteiger partial charge is 0.361 e. The third-order valence-corrected chi connectivity index (χ3v) is 2.34. The molecule has 0 spiro atoms. The minimum Gasteiger partial charge on any atom is -0.361 e. The van der Waals surface area contributed by atoms with Gasteiger partial charge < -0.3 is 10.7 Å². The molecule has 0 saturated carbocycles. The number of nitrogens with two attached hydrogens (primary N) is 1. The lowest BCUT2D eigenvalue weighted by Gasteiger charge is -2.08. The summed E-state index contributed by atoms with van der Waals surface area (Å²) in [5.41, 5.74) is 7.99. The van der Waals surface area contributed by atoms with E-state index in [0.29, 0.717) is 6.42 Å². The van der Waals surface area contributed by atoms with Crippen molar-refractivity contribution in [2.24, 2.45) is 5.73 Å². The minimum absolute atomic E-state index is 0.195. The number of nitrogens with one attached hydrogen (secondary N) is 1. The van der Waals surface area contributed by atoms with Crippen LogP contribution in [0.3, 0.4) is 0 Å². The molecule has 70 valence electrons. The Bertz CT molecular complexity index is 478. The predicted molar refractivity (Wildman–Crippen MR) is 55.5 cm³/mol. The molecule has 1 heterocycles. The lowest BCUT2D eigenvalue weighted by molar-refractivity contribution is 0.755. The summed E-state index contributed by atoms with van der Waals surface area (Å²) in [4.78, 5) is 3.12. The summed E-state index contributed by atoms with van der Waals surface area (Å²) in [6.07, 6.45) is 2.23.